The fourth-order valence-corrected chi connectivity index (χ4v) is 5.89. The molecule has 2 atom stereocenters. The Bertz CT molecular complexity index is 822. The molecule has 0 aromatic carbocycles. The first kappa shape index (κ1) is 45.5. The third-order valence-electron chi connectivity index (χ3n) is 7.96. The first-order chi connectivity index (χ1) is 22.8. The standard InChI is InChI=1S/C37H70NO8P/c1-3-5-7-9-11-13-15-16-17-18-20-21-23-25-27-29-36(39)43-33-35(34-45-47(41,42)44-32-31-38)46-37(40)30-28-26-24-22-19-14-12-10-8-6-4-2/h3,10,12,35H,1,4-9,11,13-34,38H2,2H3,(H,41,42)/b12-10+/t35-/m1/s1. The molecule has 0 saturated heterocycles. The van der Waals surface area contributed by atoms with Crippen molar-refractivity contribution in [2.24, 2.45) is 5.73 Å². The van der Waals surface area contributed by atoms with Gasteiger partial charge in [-0.1, -0.05) is 128 Å². The van der Waals surface area contributed by atoms with Gasteiger partial charge in [0.05, 0.1) is 13.2 Å². The Balaban J connectivity index is 4.19. The molecule has 276 valence electrons. The molecule has 0 amide bonds. The van der Waals surface area contributed by atoms with Gasteiger partial charge in [-0.05, 0) is 44.9 Å². The van der Waals surface area contributed by atoms with Crippen LogP contribution < -0.4 is 5.73 Å². The average Bonchev–Trinajstić information content (AvgIpc) is 3.05. The van der Waals surface area contributed by atoms with E-state index < -0.39 is 26.5 Å². The predicted octanol–water partition coefficient (Wildman–Crippen LogP) is 10.0. The number of ether oxygens (including phenoxy) is 2. The maximum Gasteiger partial charge on any atom is 0.472 e. The SMILES string of the molecule is C=CCCCCCCCCCCCCCCCC(=O)OC[C@H](COP(=O)(O)OCCN)OC(=O)CCCCCCC/C=C/CCCC. The fraction of sp³-hybridized carbons (Fsp3) is 0.838. The molecule has 9 nitrogen and oxygen atoms in total. The van der Waals surface area contributed by atoms with E-state index in [4.69, 9.17) is 24.3 Å². The Morgan fingerprint density at radius 1 is 0.681 bits per heavy atom. The first-order valence-corrected chi connectivity index (χ1v) is 20.3. The molecule has 0 saturated carbocycles. The van der Waals surface area contributed by atoms with E-state index in [1.54, 1.807) is 0 Å². The van der Waals surface area contributed by atoms with E-state index in [1.165, 1.54) is 77.0 Å². The van der Waals surface area contributed by atoms with Crippen LogP contribution in [-0.4, -0.2) is 49.3 Å². The summed E-state index contributed by atoms with van der Waals surface area (Å²) < 4.78 is 32.6. The molecular weight excluding hydrogens is 617 g/mol. The zero-order valence-corrected chi connectivity index (χ0v) is 30.7. The van der Waals surface area contributed by atoms with Crippen LogP contribution in [0, 0.1) is 0 Å². The normalized spacial score (nSPS) is 13.4. The molecule has 3 N–H and O–H groups in total. The van der Waals surface area contributed by atoms with Crippen LogP contribution in [0.4, 0.5) is 0 Å². The molecule has 0 radical (unpaired) electrons. The summed E-state index contributed by atoms with van der Waals surface area (Å²) in [7, 11) is -4.37. The van der Waals surface area contributed by atoms with Crippen molar-refractivity contribution in [2.45, 2.75) is 174 Å². The lowest BCUT2D eigenvalue weighted by Gasteiger charge is -2.19. The minimum absolute atomic E-state index is 0.0524. The fourth-order valence-electron chi connectivity index (χ4n) is 5.12. The van der Waals surface area contributed by atoms with Crippen molar-refractivity contribution in [1.82, 2.24) is 0 Å². The molecule has 0 bridgehead atoms. The lowest BCUT2D eigenvalue weighted by molar-refractivity contribution is -0.161. The van der Waals surface area contributed by atoms with Gasteiger partial charge in [-0.2, -0.15) is 0 Å². The monoisotopic (exact) mass is 687 g/mol. The smallest absolute Gasteiger partial charge is 0.462 e. The Morgan fingerprint density at radius 2 is 1.15 bits per heavy atom. The van der Waals surface area contributed by atoms with Crippen LogP contribution in [-0.2, 0) is 32.7 Å². The summed E-state index contributed by atoms with van der Waals surface area (Å²) in [5, 5.41) is 0. The van der Waals surface area contributed by atoms with Gasteiger partial charge in [-0.15, -0.1) is 6.58 Å². The minimum atomic E-state index is -4.37. The van der Waals surface area contributed by atoms with Crippen molar-refractivity contribution in [3.05, 3.63) is 24.8 Å². The van der Waals surface area contributed by atoms with Crippen LogP contribution >= 0.6 is 7.82 Å². The van der Waals surface area contributed by atoms with Crippen molar-refractivity contribution < 1.29 is 37.6 Å². The predicted molar refractivity (Wildman–Crippen MR) is 192 cm³/mol. The summed E-state index contributed by atoms with van der Waals surface area (Å²) in [5.74, 6) is -0.842. The van der Waals surface area contributed by atoms with Crippen LogP contribution in [0.1, 0.15) is 167 Å². The summed E-state index contributed by atoms with van der Waals surface area (Å²) >= 11 is 0. The molecule has 0 fully saturated rings. The Hall–Kier alpha value is -1.51. The van der Waals surface area contributed by atoms with Gasteiger partial charge in [0.25, 0.3) is 0 Å². The maximum atomic E-state index is 12.5. The van der Waals surface area contributed by atoms with Gasteiger partial charge in [0.2, 0.25) is 0 Å². The number of phosphoric acid groups is 1. The zero-order valence-electron chi connectivity index (χ0n) is 29.9. The van der Waals surface area contributed by atoms with Gasteiger partial charge < -0.3 is 20.1 Å². The maximum absolute atomic E-state index is 12.5. The van der Waals surface area contributed by atoms with Crippen LogP contribution in [0.15, 0.2) is 24.8 Å². The molecule has 0 aliphatic carbocycles. The van der Waals surface area contributed by atoms with Crippen LogP contribution in [0.25, 0.3) is 0 Å². The minimum Gasteiger partial charge on any atom is -0.462 e. The highest BCUT2D eigenvalue weighted by molar-refractivity contribution is 7.47. The van der Waals surface area contributed by atoms with E-state index in [1.807, 2.05) is 6.08 Å². The molecule has 0 rings (SSSR count). The second kappa shape index (κ2) is 34.4. The number of carbonyl (C=O) groups is 2. The second-order valence-electron chi connectivity index (χ2n) is 12.5. The average molecular weight is 688 g/mol. The Labute approximate surface area is 287 Å². The van der Waals surface area contributed by atoms with Crippen molar-refractivity contribution in [1.29, 1.82) is 0 Å². The molecule has 47 heavy (non-hydrogen) atoms. The van der Waals surface area contributed by atoms with Crippen LogP contribution in [0.2, 0.25) is 0 Å². The highest BCUT2D eigenvalue weighted by Gasteiger charge is 2.25. The Kier molecular flexibility index (Phi) is 33.3. The van der Waals surface area contributed by atoms with E-state index in [-0.39, 0.29) is 38.6 Å². The van der Waals surface area contributed by atoms with E-state index >= 15 is 0 Å². The number of allylic oxidation sites excluding steroid dienone is 3. The van der Waals surface area contributed by atoms with Gasteiger partial charge in [0, 0.05) is 19.4 Å². The van der Waals surface area contributed by atoms with E-state index in [2.05, 4.69) is 25.7 Å². The number of esters is 2. The molecule has 0 aromatic rings. The lowest BCUT2D eigenvalue weighted by atomic mass is 10.0. The summed E-state index contributed by atoms with van der Waals surface area (Å²) in [5.41, 5.74) is 5.32. The number of hydrogen-bond acceptors (Lipinski definition) is 8. The van der Waals surface area contributed by atoms with Crippen molar-refractivity contribution in [2.75, 3.05) is 26.4 Å². The van der Waals surface area contributed by atoms with Gasteiger partial charge in [-0.3, -0.25) is 18.6 Å². The van der Waals surface area contributed by atoms with Gasteiger partial charge in [-0.25, -0.2) is 4.57 Å². The molecule has 0 aliphatic rings. The largest absolute Gasteiger partial charge is 0.472 e. The molecule has 0 aliphatic heterocycles. The molecule has 0 aromatic heterocycles. The van der Waals surface area contributed by atoms with E-state index in [9.17, 15) is 19.0 Å². The zero-order chi connectivity index (χ0) is 34.7. The number of phosphoric ester groups is 1. The van der Waals surface area contributed by atoms with Crippen LogP contribution in [0.5, 0.6) is 0 Å². The number of unbranched alkanes of at least 4 members (excludes halogenated alkanes) is 20. The van der Waals surface area contributed by atoms with Crippen molar-refractivity contribution >= 4 is 19.8 Å². The van der Waals surface area contributed by atoms with Crippen molar-refractivity contribution in [3.8, 4) is 0 Å². The summed E-state index contributed by atoms with van der Waals surface area (Å²) in [6.07, 6.45) is 32.4. The lowest BCUT2D eigenvalue weighted by Crippen LogP contribution is -2.29. The number of hydrogen-bond donors (Lipinski definition) is 2. The number of rotatable bonds is 36. The second-order valence-corrected chi connectivity index (χ2v) is 14.0. The van der Waals surface area contributed by atoms with E-state index in [0.29, 0.717) is 6.42 Å². The highest BCUT2D eigenvalue weighted by atomic mass is 31.2. The van der Waals surface area contributed by atoms with Gasteiger partial charge >= 0.3 is 19.8 Å². The number of nitrogens with two attached hydrogens (primary N) is 1. The van der Waals surface area contributed by atoms with Gasteiger partial charge in [0.15, 0.2) is 6.10 Å². The molecule has 0 heterocycles. The number of carbonyl (C=O) groups excluding carboxylic acids is 2. The quantitative estimate of drug-likeness (QED) is 0.0285. The first-order valence-electron chi connectivity index (χ1n) is 18.8. The summed E-state index contributed by atoms with van der Waals surface area (Å²) in [4.78, 5) is 34.6. The van der Waals surface area contributed by atoms with Crippen molar-refractivity contribution in [3.63, 3.8) is 0 Å². The third-order valence-corrected chi connectivity index (χ3v) is 8.94. The third kappa shape index (κ3) is 34.2. The molecule has 10 heteroatoms. The van der Waals surface area contributed by atoms with Crippen LogP contribution in [0.3, 0.4) is 0 Å². The molecule has 1 unspecified atom stereocenters. The van der Waals surface area contributed by atoms with E-state index in [0.717, 1.165) is 64.2 Å². The summed E-state index contributed by atoms with van der Waals surface area (Å²) in [6, 6.07) is 0. The topological polar surface area (TPSA) is 134 Å². The Morgan fingerprint density at radius 3 is 1.66 bits per heavy atom. The molecular formula is C37H70NO8P. The molecule has 0 spiro atoms. The summed E-state index contributed by atoms with van der Waals surface area (Å²) in [6.45, 7) is 5.18. The van der Waals surface area contributed by atoms with Gasteiger partial charge in [0.1, 0.15) is 6.61 Å². The highest BCUT2D eigenvalue weighted by Crippen LogP contribution is 2.43.